The molecule has 0 saturated carbocycles. The zero-order chi connectivity index (χ0) is 12.7. The van der Waals surface area contributed by atoms with E-state index < -0.39 is 0 Å². The Morgan fingerprint density at radius 1 is 1.35 bits per heavy atom. The molecule has 96 valence electrons. The largest absolute Gasteiger partial charge is 0.490 e. The lowest BCUT2D eigenvalue weighted by Gasteiger charge is -2.16. The number of para-hydroxylation sites is 1. The molecule has 0 saturated heterocycles. The van der Waals surface area contributed by atoms with Gasteiger partial charge >= 0.3 is 0 Å². The maximum Gasteiger partial charge on any atom is 0.126 e. The average molecular weight is 237 g/mol. The van der Waals surface area contributed by atoms with Gasteiger partial charge in [-0.15, -0.1) is 0 Å². The van der Waals surface area contributed by atoms with Crippen LogP contribution in [0.5, 0.6) is 5.75 Å². The highest BCUT2D eigenvalue weighted by molar-refractivity contribution is 5.40. The quantitative estimate of drug-likeness (QED) is 0.790. The predicted molar refractivity (Wildman–Crippen MR) is 70.5 cm³/mol. The lowest BCUT2D eigenvalue weighted by Crippen LogP contribution is -2.18. The van der Waals surface area contributed by atoms with Gasteiger partial charge in [0.25, 0.3) is 0 Å². The Bertz CT molecular complexity index is 339. The van der Waals surface area contributed by atoms with Gasteiger partial charge in [-0.25, -0.2) is 0 Å². The molecule has 1 aromatic carbocycles. The summed E-state index contributed by atoms with van der Waals surface area (Å²) in [6.07, 6.45) is 0.113. The number of hydrogen-bond acceptors (Lipinski definition) is 3. The van der Waals surface area contributed by atoms with Gasteiger partial charge in [-0.3, -0.25) is 0 Å². The monoisotopic (exact) mass is 237 g/mol. The second kappa shape index (κ2) is 7.30. The smallest absolute Gasteiger partial charge is 0.126 e. The van der Waals surface area contributed by atoms with Crippen LogP contribution in [0.25, 0.3) is 0 Å². The molecule has 3 nitrogen and oxygen atoms in total. The Kier molecular flexibility index (Phi) is 6.01. The lowest BCUT2D eigenvalue weighted by atomic mass is 10.1. The fraction of sp³-hybridized carbons (Fsp3) is 0.571. The van der Waals surface area contributed by atoms with Crippen LogP contribution >= 0.6 is 0 Å². The molecular formula is C14H23NO2. The van der Waals surface area contributed by atoms with E-state index >= 15 is 0 Å². The Labute approximate surface area is 104 Å². The highest BCUT2D eigenvalue weighted by Crippen LogP contribution is 2.23. The van der Waals surface area contributed by atoms with Gasteiger partial charge in [0.05, 0.1) is 6.10 Å². The van der Waals surface area contributed by atoms with Crippen LogP contribution in [0, 0.1) is 6.92 Å². The SMILES string of the molecule is CCNCc1cccc(C)c1OCC(C)OC. The first kappa shape index (κ1) is 14.0. The summed E-state index contributed by atoms with van der Waals surface area (Å²) >= 11 is 0. The van der Waals surface area contributed by atoms with Gasteiger partial charge in [0.2, 0.25) is 0 Å². The van der Waals surface area contributed by atoms with Crippen molar-refractivity contribution in [2.75, 3.05) is 20.3 Å². The molecule has 0 fully saturated rings. The Morgan fingerprint density at radius 3 is 2.76 bits per heavy atom. The van der Waals surface area contributed by atoms with Crippen molar-refractivity contribution < 1.29 is 9.47 Å². The van der Waals surface area contributed by atoms with Gasteiger partial charge in [0, 0.05) is 19.2 Å². The van der Waals surface area contributed by atoms with E-state index in [4.69, 9.17) is 9.47 Å². The average Bonchev–Trinajstić information content (AvgIpc) is 2.34. The number of methoxy groups -OCH3 is 1. The van der Waals surface area contributed by atoms with E-state index in [1.165, 1.54) is 11.1 Å². The molecule has 0 amide bonds. The second-order valence-electron chi connectivity index (χ2n) is 4.20. The molecule has 0 aliphatic heterocycles. The Balaban J connectivity index is 2.72. The van der Waals surface area contributed by atoms with Crippen LogP contribution < -0.4 is 10.1 Å². The number of ether oxygens (including phenoxy) is 2. The molecule has 0 spiro atoms. The summed E-state index contributed by atoms with van der Waals surface area (Å²) < 4.78 is 11.0. The molecular weight excluding hydrogens is 214 g/mol. The molecule has 0 aromatic heterocycles. The van der Waals surface area contributed by atoms with Crippen molar-refractivity contribution >= 4 is 0 Å². The molecule has 0 bridgehead atoms. The van der Waals surface area contributed by atoms with E-state index in [-0.39, 0.29) is 6.10 Å². The zero-order valence-corrected chi connectivity index (χ0v) is 11.2. The molecule has 1 N–H and O–H groups in total. The van der Waals surface area contributed by atoms with Gasteiger partial charge in [-0.05, 0) is 26.0 Å². The van der Waals surface area contributed by atoms with Gasteiger partial charge in [0.1, 0.15) is 12.4 Å². The van der Waals surface area contributed by atoms with Crippen LogP contribution in [0.15, 0.2) is 18.2 Å². The summed E-state index contributed by atoms with van der Waals surface area (Å²) in [5.41, 5.74) is 2.37. The molecule has 1 atom stereocenters. The first-order valence-corrected chi connectivity index (χ1v) is 6.13. The summed E-state index contributed by atoms with van der Waals surface area (Å²) in [7, 11) is 1.70. The van der Waals surface area contributed by atoms with Crippen LogP contribution in [-0.2, 0) is 11.3 Å². The van der Waals surface area contributed by atoms with Crippen molar-refractivity contribution in [3.8, 4) is 5.75 Å². The number of aryl methyl sites for hydroxylation is 1. The van der Waals surface area contributed by atoms with Crippen LogP contribution in [-0.4, -0.2) is 26.4 Å². The van der Waals surface area contributed by atoms with Crippen molar-refractivity contribution in [2.24, 2.45) is 0 Å². The van der Waals surface area contributed by atoms with Crippen LogP contribution in [0.4, 0.5) is 0 Å². The number of hydrogen-bond donors (Lipinski definition) is 1. The first-order chi connectivity index (χ1) is 8.19. The van der Waals surface area contributed by atoms with Crippen LogP contribution in [0.1, 0.15) is 25.0 Å². The zero-order valence-electron chi connectivity index (χ0n) is 11.2. The van der Waals surface area contributed by atoms with Crippen molar-refractivity contribution in [3.63, 3.8) is 0 Å². The van der Waals surface area contributed by atoms with E-state index in [1.54, 1.807) is 7.11 Å². The molecule has 1 unspecified atom stereocenters. The topological polar surface area (TPSA) is 30.5 Å². The third-order valence-electron chi connectivity index (χ3n) is 2.72. The molecule has 0 heterocycles. The first-order valence-electron chi connectivity index (χ1n) is 6.13. The van der Waals surface area contributed by atoms with Crippen molar-refractivity contribution in [2.45, 2.75) is 33.4 Å². The van der Waals surface area contributed by atoms with Crippen LogP contribution in [0.3, 0.4) is 0 Å². The molecule has 1 rings (SSSR count). The third kappa shape index (κ3) is 4.36. The standard InChI is InChI=1S/C14H23NO2/c1-5-15-9-13-8-6-7-11(2)14(13)17-10-12(3)16-4/h6-8,12,15H,5,9-10H2,1-4H3. The normalized spacial score (nSPS) is 12.5. The van der Waals surface area contributed by atoms with Gasteiger partial charge in [-0.2, -0.15) is 0 Å². The minimum Gasteiger partial charge on any atom is -0.490 e. The molecule has 3 heteroatoms. The van der Waals surface area contributed by atoms with E-state index in [1.807, 2.05) is 6.92 Å². The van der Waals surface area contributed by atoms with Gasteiger partial charge < -0.3 is 14.8 Å². The van der Waals surface area contributed by atoms with E-state index in [2.05, 4.69) is 37.4 Å². The predicted octanol–water partition coefficient (Wildman–Crippen LogP) is 2.52. The summed E-state index contributed by atoms with van der Waals surface area (Å²) in [5.74, 6) is 0.984. The number of rotatable bonds is 7. The summed E-state index contributed by atoms with van der Waals surface area (Å²) in [6.45, 7) is 8.56. The lowest BCUT2D eigenvalue weighted by molar-refractivity contribution is 0.0710. The van der Waals surface area contributed by atoms with E-state index in [0.29, 0.717) is 6.61 Å². The Hall–Kier alpha value is -1.06. The van der Waals surface area contributed by atoms with Gasteiger partial charge in [-0.1, -0.05) is 25.1 Å². The maximum absolute atomic E-state index is 5.85. The summed E-state index contributed by atoms with van der Waals surface area (Å²) in [4.78, 5) is 0. The fourth-order valence-electron chi connectivity index (χ4n) is 1.59. The minimum absolute atomic E-state index is 0.113. The second-order valence-corrected chi connectivity index (χ2v) is 4.20. The highest BCUT2D eigenvalue weighted by atomic mass is 16.5. The molecule has 0 aliphatic carbocycles. The molecule has 1 aromatic rings. The van der Waals surface area contributed by atoms with Gasteiger partial charge in [0.15, 0.2) is 0 Å². The van der Waals surface area contributed by atoms with Crippen molar-refractivity contribution in [1.29, 1.82) is 0 Å². The summed E-state index contributed by atoms with van der Waals surface area (Å²) in [6, 6.07) is 6.24. The molecule has 17 heavy (non-hydrogen) atoms. The number of nitrogens with one attached hydrogen (secondary N) is 1. The van der Waals surface area contributed by atoms with Crippen molar-refractivity contribution in [1.82, 2.24) is 5.32 Å². The molecule has 0 radical (unpaired) electrons. The van der Waals surface area contributed by atoms with Crippen molar-refractivity contribution in [3.05, 3.63) is 29.3 Å². The van der Waals surface area contributed by atoms with E-state index in [0.717, 1.165) is 18.8 Å². The highest BCUT2D eigenvalue weighted by Gasteiger charge is 2.08. The Morgan fingerprint density at radius 2 is 2.12 bits per heavy atom. The fourth-order valence-corrected chi connectivity index (χ4v) is 1.59. The third-order valence-corrected chi connectivity index (χ3v) is 2.72. The van der Waals surface area contributed by atoms with Crippen LogP contribution in [0.2, 0.25) is 0 Å². The summed E-state index contributed by atoms with van der Waals surface area (Å²) in [5, 5.41) is 3.32. The van der Waals surface area contributed by atoms with E-state index in [9.17, 15) is 0 Å². The number of benzene rings is 1. The maximum atomic E-state index is 5.85. The minimum atomic E-state index is 0.113. The molecule has 0 aliphatic rings.